The molecule has 0 N–H and O–H groups in total. The molecule has 27 heavy (non-hydrogen) atoms. The van der Waals surface area contributed by atoms with Crippen molar-refractivity contribution in [3.63, 3.8) is 0 Å². The zero-order valence-corrected chi connectivity index (χ0v) is 15.9. The Balaban J connectivity index is 1.32. The van der Waals surface area contributed by atoms with Crippen molar-refractivity contribution >= 4 is 11.6 Å². The third kappa shape index (κ3) is 4.54. The number of piperazine rings is 2. The summed E-state index contributed by atoms with van der Waals surface area (Å²) in [7, 11) is 2.15. The summed E-state index contributed by atoms with van der Waals surface area (Å²) in [5.74, 6) is 0.669. The smallest absolute Gasteiger partial charge is 0.225 e. The second kappa shape index (κ2) is 8.19. The number of rotatable bonds is 4. The Morgan fingerprint density at radius 1 is 0.852 bits per heavy atom. The van der Waals surface area contributed by atoms with E-state index >= 15 is 0 Å². The number of halogens is 1. The molecule has 0 aliphatic carbocycles. The standard InChI is InChI=1S/C20H27FN6/c1-24-8-12-27(13-9-24)20-22-7-6-18(23-20)16-25-10-14-26(15-11-25)19-4-2-17(21)3-5-19/h2-7H,8-16H2,1H3. The van der Waals surface area contributed by atoms with Crippen molar-refractivity contribution in [3.8, 4) is 0 Å². The Hall–Kier alpha value is -2.25. The van der Waals surface area contributed by atoms with Crippen LogP contribution in [-0.4, -0.2) is 79.2 Å². The van der Waals surface area contributed by atoms with Gasteiger partial charge in [0.05, 0.1) is 5.69 Å². The van der Waals surface area contributed by atoms with Gasteiger partial charge in [-0.05, 0) is 37.4 Å². The molecule has 3 heterocycles. The van der Waals surface area contributed by atoms with E-state index in [2.05, 4.69) is 31.6 Å². The summed E-state index contributed by atoms with van der Waals surface area (Å²) in [6, 6.07) is 8.80. The van der Waals surface area contributed by atoms with E-state index in [-0.39, 0.29) is 5.82 Å². The van der Waals surface area contributed by atoms with E-state index in [0.29, 0.717) is 0 Å². The third-order valence-electron chi connectivity index (χ3n) is 5.44. The lowest BCUT2D eigenvalue weighted by Crippen LogP contribution is -2.46. The maximum absolute atomic E-state index is 13.1. The van der Waals surface area contributed by atoms with Crippen LogP contribution < -0.4 is 9.80 Å². The van der Waals surface area contributed by atoms with Gasteiger partial charge in [0.2, 0.25) is 5.95 Å². The van der Waals surface area contributed by atoms with Crippen LogP contribution in [0.1, 0.15) is 5.69 Å². The maximum Gasteiger partial charge on any atom is 0.225 e. The number of nitrogens with zero attached hydrogens (tertiary/aromatic N) is 6. The van der Waals surface area contributed by atoms with Gasteiger partial charge < -0.3 is 14.7 Å². The molecule has 0 saturated carbocycles. The zero-order valence-electron chi connectivity index (χ0n) is 15.9. The Morgan fingerprint density at radius 2 is 1.52 bits per heavy atom. The predicted molar refractivity (Wildman–Crippen MR) is 106 cm³/mol. The molecule has 0 bridgehead atoms. The summed E-state index contributed by atoms with van der Waals surface area (Å²) in [6.07, 6.45) is 1.88. The quantitative estimate of drug-likeness (QED) is 0.816. The van der Waals surface area contributed by atoms with Crippen LogP contribution in [0.4, 0.5) is 16.0 Å². The molecular formula is C20H27FN6. The van der Waals surface area contributed by atoms with Gasteiger partial charge >= 0.3 is 0 Å². The fraction of sp³-hybridized carbons (Fsp3) is 0.500. The molecule has 2 saturated heterocycles. The molecule has 2 aliphatic heterocycles. The van der Waals surface area contributed by atoms with Gasteiger partial charge in [0.25, 0.3) is 0 Å². The second-order valence-electron chi connectivity index (χ2n) is 7.38. The number of hydrogen-bond acceptors (Lipinski definition) is 6. The number of likely N-dealkylation sites (N-methyl/N-ethyl adjacent to an activating group) is 1. The van der Waals surface area contributed by atoms with Crippen molar-refractivity contribution in [2.24, 2.45) is 0 Å². The minimum absolute atomic E-state index is 0.183. The normalized spacial score (nSPS) is 19.5. The van der Waals surface area contributed by atoms with Crippen molar-refractivity contribution in [2.45, 2.75) is 6.54 Å². The lowest BCUT2D eigenvalue weighted by molar-refractivity contribution is 0.247. The number of aromatic nitrogens is 2. The minimum Gasteiger partial charge on any atom is -0.369 e. The molecule has 0 radical (unpaired) electrons. The highest BCUT2D eigenvalue weighted by Crippen LogP contribution is 2.18. The molecule has 0 unspecified atom stereocenters. The monoisotopic (exact) mass is 370 g/mol. The van der Waals surface area contributed by atoms with Crippen LogP contribution in [0.5, 0.6) is 0 Å². The van der Waals surface area contributed by atoms with Crippen molar-refractivity contribution in [1.82, 2.24) is 19.8 Å². The van der Waals surface area contributed by atoms with Gasteiger partial charge in [0, 0.05) is 70.8 Å². The second-order valence-corrected chi connectivity index (χ2v) is 7.38. The van der Waals surface area contributed by atoms with Crippen LogP contribution in [0.2, 0.25) is 0 Å². The van der Waals surface area contributed by atoms with E-state index in [4.69, 9.17) is 4.98 Å². The molecule has 6 nitrogen and oxygen atoms in total. The van der Waals surface area contributed by atoms with Gasteiger partial charge in [-0.2, -0.15) is 0 Å². The van der Waals surface area contributed by atoms with Gasteiger partial charge in [0.1, 0.15) is 5.82 Å². The fourth-order valence-corrected chi connectivity index (χ4v) is 3.68. The molecule has 144 valence electrons. The lowest BCUT2D eigenvalue weighted by Gasteiger charge is -2.36. The molecule has 4 rings (SSSR count). The van der Waals surface area contributed by atoms with Gasteiger partial charge in [0.15, 0.2) is 0 Å². The topological polar surface area (TPSA) is 38.7 Å². The molecule has 2 aromatic rings. The number of hydrogen-bond donors (Lipinski definition) is 0. The van der Waals surface area contributed by atoms with E-state index in [1.165, 1.54) is 12.1 Å². The Bertz CT molecular complexity index is 736. The first kappa shape index (κ1) is 18.1. The van der Waals surface area contributed by atoms with E-state index in [1.54, 1.807) is 0 Å². The van der Waals surface area contributed by atoms with Crippen LogP contribution in [0.15, 0.2) is 36.5 Å². The lowest BCUT2D eigenvalue weighted by atomic mass is 10.2. The number of anilines is 2. The Labute approximate surface area is 160 Å². The van der Waals surface area contributed by atoms with Gasteiger partial charge in [-0.1, -0.05) is 0 Å². The summed E-state index contributed by atoms with van der Waals surface area (Å²) in [5.41, 5.74) is 2.17. The molecular weight excluding hydrogens is 343 g/mol. The van der Waals surface area contributed by atoms with Crippen LogP contribution >= 0.6 is 0 Å². The average molecular weight is 370 g/mol. The predicted octanol–water partition coefficient (Wildman–Crippen LogP) is 1.69. The summed E-state index contributed by atoms with van der Waals surface area (Å²) < 4.78 is 13.1. The van der Waals surface area contributed by atoms with E-state index in [0.717, 1.165) is 76.2 Å². The molecule has 2 fully saturated rings. The largest absolute Gasteiger partial charge is 0.369 e. The molecule has 0 spiro atoms. The van der Waals surface area contributed by atoms with Gasteiger partial charge in [-0.15, -0.1) is 0 Å². The molecule has 7 heteroatoms. The number of benzene rings is 1. The fourth-order valence-electron chi connectivity index (χ4n) is 3.68. The van der Waals surface area contributed by atoms with Crippen molar-refractivity contribution in [3.05, 3.63) is 48.0 Å². The first-order chi connectivity index (χ1) is 13.2. The molecule has 1 aromatic heterocycles. The van der Waals surface area contributed by atoms with Crippen LogP contribution in [0, 0.1) is 5.82 Å². The Morgan fingerprint density at radius 3 is 2.22 bits per heavy atom. The molecule has 2 aliphatic rings. The summed E-state index contributed by atoms with van der Waals surface area (Å²) >= 11 is 0. The first-order valence-corrected chi connectivity index (χ1v) is 9.66. The summed E-state index contributed by atoms with van der Waals surface area (Å²) in [5, 5.41) is 0. The summed E-state index contributed by atoms with van der Waals surface area (Å²) in [6.45, 7) is 8.77. The van der Waals surface area contributed by atoms with Crippen LogP contribution in [0.3, 0.4) is 0 Å². The SMILES string of the molecule is CN1CCN(c2nccc(CN3CCN(c4ccc(F)cc4)CC3)n2)CC1. The summed E-state index contributed by atoms with van der Waals surface area (Å²) in [4.78, 5) is 18.6. The average Bonchev–Trinajstić information content (AvgIpc) is 2.70. The van der Waals surface area contributed by atoms with Crippen molar-refractivity contribution in [1.29, 1.82) is 0 Å². The van der Waals surface area contributed by atoms with E-state index in [9.17, 15) is 4.39 Å². The molecule has 0 amide bonds. The Kier molecular flexibility index (Phi) is 5.50. The van der Waals surface area contributed by atoms with Crippen LogP contribution in [-0.2, 0) is 6.54 Å². The highest BCUT2D eigenvalue weighted by atomic mass is 19.1. The molecule has 1 aromatic carbocycles. The zero-order chi connectivity index (χ0) is 18.6. The maximum atomic E-state index is 13.1. The highest BCUT2D eigenvalue weighted by Gasteiger charge is 2.20. The van der Waals surface area contributed by atoms with Crippen molar-refractivity contribution < 1.29 is 4.39 Å². The molecule has 0 atom stereocenters. The van der Waals surface area contributed by atoms with Gasteiger partial charge in [-0.25, -0.2) is 14.4 Å². The highest BCUT2D eigenvalue weighted by molar-refractivity contribution is 5.46. The minimum atomic E-state index is -0.183. The van der Waals surface area contributed by atoms with E-state index < -0.39 is 0 Å². The van der Waals surface area contributed by atoms with Crippen molar-refractivity contribution in [2.75, 3.05) is 69.2 Å². The first-order valence-electron chi connectivity index (χ1n) is 9.66. The van der Waals surface area contributed by atoms with E-state index in [1.807, 2.05) is 24.4 Å². The van der Waals surface area contributed by atoms with Crippen LogP contribution in [0.25, 0.3) is 0 Å². The third-order valence-corrected chi connectivity index (χ3v) is 5.44. The van der Waals surface area contributed by atoms with Gasteiger partial charge in [-0.3, -0.25) is 4.90 Å².